The molecule has 5 nitrogen and oxygen atoms in total. The first-order chi connectivity index (χ1) is 13.9. The molecular formula is C20H22F3N3O2S. The number of ether oxygens (including phenoxy) is 1. The summed E-state index contributed by atoms with van der Waals surface area (Å²) in [7, 11) is 1.51. The number of nitrogens with zero attached hydrogens (tertiary/aromatic N) is 3. The molecule has 1 aromatic heterocycles. The third-order valence-electron chi connectivity index (χ3n) is 4.67. The molecule has 0 saturated carbocycles. The molecule has 0 unspecified atom stereocenters. The summed E-state index contributed by atoms with van der Waals surface area (Å²) in [6.45, 7) is 1.39. The summed E-state index contributed by atoms with van der Waals surface area (Å²) in [5.41, 5.74) is -0.359. The fourth-order valence-electron chi connectivity index (χ4n) is 3.08. The lowest BCUT2D eigenvalue weighted by Crippen LogP contribution is -2.33. The molecule has 2 aromatic rings. The molecule has 156 valence electrons. The van der Waals surface area contributed by atoms with E-state index in [1.165, 1.54) is 7.11 Å². The van der Waals surface area contributed by atoms with Crippen molar-refractivity contribution in [2.75, 3.05) is 26.0 Å². The maximum atomic E-state index is 13.3. The SMILES string of the molecule is COc1ccc(-c2cc(C(F)(F)F)nc(SCC(=O)N3CCCCCC3)n2)cc1. The fraction of sp³-hybridized carbons (Fsp3) is 0.450. The lowest BCUT2D eigenvalue weighted by molar-refractivity contribution is -0.141. The number of methoxy groups -OCH3 is 1. The van der Waals surface area contributed by atoms with Gasteiger partial charge in [0.25, 0.3) is 0 Å². The average molecular weight is 425 g/mol. The Bertz CT molecular complexity index is 836. The predicted molar refractivity (Wildman–Crippen MR) is 105 cm³/mol. The van der Waals surface area contributed by atoms with Gasteiger partial charge in [0.15, 0.2) is 5.16 Å². The van der Waals surface area contributed by atoms with Crippen molar-refractivity contribution in [3.63, 3.8) is 0 Å². The van der Waals surface area contributed by atoms with Gasteiger partial charge in [-0.05, 0) is 43.2 Å². The van der Waals surface area contributed by atoms with Gasteiger partial charge in [-0.3, -0.25) is 4.79 Å². The zero-order valence-corrected chi connectivity index (χ0v) is 16.9. The first kappa shape index (κ1) is 21.4. The van der Waals surface area contributed by atoms with Crippen LogP contribution in [0.25, 0.3) is 11.3 Å². The standard InChI is InChI=1S/C20H22F3N3O2S/c1-28-15-8-6-14(7-9-15)16-12-17(20(21,22)23)25-19(24-16)29-13-18(27)26-10-4-2-3-5-11-26/h6-9,12H,2-5,10-11,13H2,1H3. The highest BCUT2D eigenvalue weighted by atomic mass is 32.2. The van der Waals surface area contributed by atoms with Gasteiger partial charge >= 0.3 is 6.18 Å². The summed E-state index contributed by atoms with van der Waals surface area (Å²) in [6.07, 6.45) is -0.498. The molecule has 1 amide bonds. The Morgan fingerprint density at radius 1 is 1.10 bits per heavy atom. The minimum Gasteiger partial charge on any atom is -0.497 e. The van der Waals surface area contributed by atoms with Gasteiger partial charge in [-0.15, -0.1) is 0 Å². The molecule has 1 aliphatic rings. The largest absolute Gasteiger partial charge is 0.497 e. The van der Waals surface area contributed by atoms with Crippen LogP contribution in [0, 0.1) is 0 Å². The van der Waals surface area contributed by atoms with Crippen LogP contribution in [0.4, 0.5) is 13.2 Å². The van der Waals surface area contributed by atoms with Crippen molar-refractivity contribution < 1.29 is 22.7 Å². The second-order valence-electron chi connectivity index (χ2n) is 6.73. The van der Waals surface area contributed by atoms with Crippen LogP contribution in [0.2, 0.25) is 0 Å². The van der Waals surface area contributed by atoms with Gasteiger partial charge in [0.1, 0.15) is 11.4 Å². The van der Waals surface area contributed by atoms with Crippen molar-refractivity contribution in [2.24, 2.45) is 0 Å². The van der Waals surface area contributed by atoms with Crippen LogP contribution in [0.5, 0.6) is 5.75 Å². The number of benzene rings is 1. The molecule has 3 rings (SSSR count). The number of carbonyl (C=O) groups is 1. The van der Waals surface area contributed by atoms with Crippen LogP contribution in [0.15, 0.2) is 35.5 Å². The molecule has 0 N–H and O–H groups in total. The molecule has 0 bridgehead atoms. The number of thioether (sulfide) groups is 1. The van der Waals surface area contributed by atoms with Crippen molar-refractivity contribution in [3.8, 4) is 17.0 Å². The number of amides is 1. The second-order valence-corrected chi connectivity index (χ2v) is 7.67. The molecule has 2 heterocycles. The van der Waals surface area contributed by atoms with E-state index < -0.39 is 11.9 Å². The Morgan fingerprint density at radius 2 is 1.76 bits per heavy atom. The summed E-state index contributed by atoms with van der Waals surface area (Å²) >= 11 is 0.938. The van der Waals surface area contributed by atoms with Crippen LogP contribution < -0.4 is 4.74 Å². The first-order valence-electron chi connectivity index (χ1n) is 9.38. The topological polar surface area (TPSA) is 55.3 Å². The number of carbonyl (C=O) groups excluding carboxylic acids is 1. The van der Waals surface area contributed by atoms with E-state index in [0.29, 0.717) is 24.4 Å². The van der Waals surface area contributed by atoms with Crippen molar-refractivity contribution >= 4 is 17.7 Å². The molecule has 0 atom stereocenters. The molecule has 0 radical (unpaired) electrons. The zero-order chi connectivity index (χ0) is 20.9. The Labute approximate surface area is 171 Å². The third kappa shape index (κ3) is 5.85. The van der Waals surface area contributed by atoms with Gasteiger partial charge in [-0.25, -0.2) is 9.97 Å². The Kier molecular flexibility index (Phi) is 7.00. The quantitative estimate of drug-likeness (QED) is 0.515. The van der Waals surface area contributed by atoms with Crippen molar-refractivity contribution in [1.82, 2.24) is 14.9 Å². The number of likely N-dealkylation sites (tertiary alicyclic amines) is 1. The van der Waals surface area contributed by atoms with Crippen molar-refractivity contribution in [3.05, 3.63) is 36.0 Å². The first-order valence-corrected chi connectivity index (χ1v) is 10.4. The van der Waals surface area contributed by atoms with E-state index in [-0.39, 0.29) is 22.5 Å². The number of hydrogen-bond donors (Lipinski definition) is 0. The summed E-state index contributed by atoms with van der Waals surface area (Å²) in [6, 6.07) is 7.50. The smallest absolute Gasteiger partial charge is 0.433 e. The van der Waals surface area contributed by atoms with E-state index in [9.17, 15) is 18.0 Å². The summed E-state index contributed by atoms with van der Waals surface area (Å²) in [5, 5.41) is -0.0613. The molecule has 0 spiro atoms. The molecule has 1 saturated heterocycles. The molecule has 1 aromatic carbocycles. The summed E-state index contributed by atoms with van der Waals surface area (Å²) in [5.74, 6) is 0.518. The Morgan fingerprint density at radius 3 is 2.34 bits per heavy atom. The lowest BCUT2D eigenvalue weighted by atomic mass is 10.1. The van der Waals surface area contributed by atoms with Crippen LogP contribution in [-0.2, 0) is 11.0 Å². The zero-order valence-electron chi connectivity index (χ0n) is 16.0. The highest BCUT2D eigenvalue weighted by molar-refractivity contribution is 7.99. The van der Waals surface area contributed by atoms with E-state index in [1.807, 2.05) is 0 Å². The van der Waals surface area contributed by atoms with E-state index in [1.54, 1.807) is 29.2 Å². The highest BCUT2D eigenvalue weighted by Gasteiger charge is 2.34. The molecular weight excluding hydrogens is 403 g/mol. The summed E-state index contributed by atoms with van der Waals surface area (Å²) in [4.78, 5) is 22.1. The normalized spacial score (nSPS) is 15.1. The Hall–Kier alpha value is -2.29. The predicted octanol–water partition coefficient (Wildman–Crippen LogP) is 4.67. The van der Waals surface area contributed by atoms with Crippen molar-refractivity contribution in [2.45, 2.75) is 37.0 Å². The summed E-state index contributed by atoms with van der Waals surface area (Å²) < 4.78 is 45.0. The minimum atomic E-state index is -4.60. The van der Waals surface area contributed by atoms with Crippen LogP contribution in [0.1, 0.15) is 31.4 Å². The maximum absolute atomic E-state index is 13.3. The molecule has 29 heavy (non-hydrogen) atoms. The average Bonchev–Trinajstić information content (AvgIpc) is 3.01. The van der Waals surface area contributed by atoms with Gasteiger partial charge < -0.3 is 9.64 Å². The number of halogens is 3. The Balaban J connectivity index is 1.80. The minimum absolute atomic E-state index is 0.0172. The van der Waals surface area contributed by atoms with Crippen LogP contribution >= 0.6 is 11.8 Å². The van der Waals surface area contributed by atoms with Crippen LogP contribution in [-0.4, -0.2) is 46.7 Å². The monoisotopic (exact) mass is 425 g/mol. The maximum Gasteiger partial charge on any atom is 0.433 e. The fourth-order valence-corrected chi connectivity index (χ4v) is 3.84. The van der Waals surface area contributed by atoms with E-state index >= 15 is 0 Å². The van der Waals surface area contributed by atoms with E-state index in [4.69, 9.17) is 4.74 Å². The number of hydrogen-bond acceptors (Lipinski definition) is 5. The second kappa shape index (κ2) is 9.47. The van der Waals surface area contributed by atoms with Gasteiger partial charge in [0.05, 0.1) is 18.6 Å². The number of aromatic nitrogens is 2. The molecule has 0 aliphatic carbocycles. The highest BCUT2D eigenvalue weighted by Crippen LogP contribution is 2.32. The van der Waals surface area contributed by atoms with Crippen LogP contribution in [0.3, 0.4) is 0 Å². The molecule has 1 fully saturated rings. The third-order valence-corrected chi connectivity index (χ3v) is 5.50. The van der Waals surface area contributed by atoms with Gasteiger partial charge in [-0.2, -0.15) is 13.2 Å². The molecule has 9 heteroatoms. The number of alkyl halides is 3. The molecule has 1 aliphatic heterocycles. The van der Waals surface area contributed by atoms with Gasteiger partial charge in [-0.1, -0.05) is 24.6 Å². The van der Waals surface area contributed by atoms with Gasteiger partial charge in [0, 0.05) is 18.7 Å². The number of rotatable bonds is 5. The van der Waals surface area contributed by atoms with E-state index in [0.717, 1.165) is 43.5 Å². The van der Waals surface area contributed by atoms with Crippen molar-refractivity contribution in [1.29, 1.82) is 0 Å². The van der Waals surface area contributed by atoms with E-state index in [2.05, 4.69) is 9.97 Å². The lowest BCUT2D eigenvalue weighted by Gasteiger charge is -2.19. The van der Waals surface area contributed by atoms with Gasteiger partial charge in [0.2, 0.25) is 5.91 Å².